The first-order valence-electron chi connectivity index (χ1n) is 35.7. The van der Waals surface area contributed by atoms with E-state index in [1.165, 1.54) is 250 Å². The molecule has 14 heteroatoms. The van der Waals surface area contributed by atoms with Crippen molar-refractivity contribution in [1.82, 2.24) is 5.32 Å². The predicted octanol–water partition coefficient (Wildman–Crippen LogP) is 14.5. The van der Waals surface area contributed by atoms with Crippen LogP contribution < -0.4 is 5.32 Å². The zero-order chi connectivity index (χ0) is 61.6. The van der Waals surface area contributed by atoms with Crippen LogP contribution in [-0.4, -0.2) is 140 Å². The molecule has 0 aliphatic carbocycles. The van der Waals surface area contributed by atoms with Crippen molar-refractivity contribution >= 4 is 5.91 Å². The molecule has 2 fully saturated rings. The highest BCUT2D eigenvalue weighted by Gasteiger charge is 2.51. The fraction of sp³-hybridized carbons (Fsp3) is 0.901. The van der Waals surface area contributed by atoms with Gasteiger partial charge in [0.05, 0.1) is 32.0 Å². The van der Waals surface area contributed by atoms with E-state index in [1.807, 2.05) is 6.08 Å². The molecule has 14 nitrogen and oxygen atoms in total. The Morgan fingerprint density at radius 2 is 0.753 bits per heavy atom. The Morgan fingerprint density at radius 3 is 1.15 bits per heavy atom. The molecule has 9 N–H and O–H groups in total. The normalized spacial score (nSPS) is 23.7. The summed E-state index contributed by atoms with van der Waals surface area (Å²) in [4.78, 5) is 13.3. The van der Waals surface area contributed by atoms with Crippen molar-refractivity contribution in [3.8, 4) is 0 Å². The number of hydrogen-bond acceptors (Lipinski definition) is 13. The van der Waals surface area contributed by atoms with E-state index in [-0.39, 0.29) is 18.9 Å². The Balaban J connectivity index is 1.69. The van der Waals surface area contributed by atoms with Gasteiger partial charge in [-0.05, 0) is 57.8 Å². The van der Waals surface area contributed by atoms with E-state index in [1.54, 1.807) is 6.08 Å². The third-order valence-electron chi connectivity index (χ3n) is 17.5. The molecule has 2 heterocycles. The summed E-state index contributed by atoms with van der Waals surface area (Å²) in [6, 6.07) is -0.933. The van der Waals surface area contributed by atoms with Gasteiger partial charge in [-0.1, -0.05) is 288 Å². The van der Waals surface area contributed by atoms with Crippen LogP contribution in [0.1, 0.15) is 316 Å². The minimum absolute atomic E-state index is 0.246. The number of amides is 1. The fourth-order valence-electron chi connectivity index (χ4n) is 11.8. The first kappa shape index (κ1) is 79.3. The van der Waals surface area contributed by atoms with Gasteiger partial charge in [0, 0.05) is 6.42 Å². The third kappa shape index (κ3) is 40.5. The van der Waals surface area contributed by atoms with Gasteiger partial charge in [-0.15, -0.1) is 0 Å². The standard InChI is InChI=1S/C71H133NO13/c1-3-5-7-9-11-13-15-17-19-21-23-25-27-28-29-30-31-33-34-36-38-40-42-44-46-48-50-52-54-60(75)59(58-82-70-68(81)66(79)69(62(57-74)84-70)85-71-67(80)65(78)64(77)61(56-73)83-71)72-63(76)55-53-51-49-47-45-43-41-39-37-35-32-26-24-22-20-18-16-14-12-10-8-6-4-2/h22,24,44,46,52,54,59-62,64-71,73-75,77-81H,3-21,23,25-43,45,47-51,53,55-58H2,1-2H3,(H,72,76)/b24-22-,46-44+,54-52+. The number of allylic oxidation sites excluding steroid dienone is 5. The van der Waals surface area contributed by atoms with Gasteiger partial charge in [-0.2, -0.15) is 0 Å². The van der Waals surface area contributed by atoms with Crippen LogP contribution in [0.25, 0.3) is 0 Å². The summed E-state index contributed by atoms with van der Waals surface area (Å²) in [5, 5.41) is 87.4. The number of aliphatic hydroxyl groups excluding tert-OH is 8. The molecular formula is C71H133NO13. The highest BCUT2D eigenvalue weighted by Crippen LogP contribution is 2.30. The Kier molecular flexibility index (Phi) is 52.4. The number of rotatable bonds is 59. The van der Waals surface area contributed by atoms with Gasteiger partial charge in [0.25, 0.3) is 0 Å². The van der Waals surface area contributed by atoms with Crippen molar-refractivity contribution < 1.29 is 64.6 Å². The molecule has 1 amide bonds. The molecular weight excluding hydrogens is 1070 g/mol. The van der Waals surface area contributed by atoms with Crippen molar-refractivity contribution in [1.29, 1.82) is 0 Å². The lowest BCUT2D eigenvalue weighted by Crippen LogP contribution is -2.65. The van der Waals surface area contributed by atoms with Gasteiger partial charge < -0.3 is 65.1 Å². The van der Waals surface area contributed by atoms with Crippen LogP contribution in [0.2, 0.25) is 0 Å². The monoisotopic (exact) mass is 1210 g/mol. The molecule has 0 aromatic carbocycles. The molecule has 2 rings (SSSR count). The lowest BCUT2D eigenvalue weighted by atomic mass is 9.97. The summed E-state index contributed by atoms with van der Waals surface area (Å²) in [6.07, 6.45) is 54.9. The molecule has 0 bridgehead atoms. The van der Waals surface area contributed by atoms with E-state index in [9.17, 15) is 45.6 Å². The molecule has 500 valence electrons. The van der Waals surface area contributed by atoms with E-state index in [0.29, 0.717) is 12.8 Å². The molecule has 0 aromatic heterocycles. The second-order valence-corrected chi connectivity index (χ2v) is 25.4. The van der Waals surface area contributed by atoms with Crippen molar-refractivity contribution in [2.75, 3.05) is 19.8 Å². The number of nitrogens with one attached hydrogen (secondary N) is 1. The molecule has 85 heavy (non-hydrogen) atoms. The molecule has 12 unspecified atom stereocenters. The number of hydrogen-bond donors (Lipinski definition) is 9. The number of aliphatic hydroxyl groups is 8. The summed E-state index contributed by atoms with van der Waals surface area (Å²) in [6.45, 7) is 2.83. The zero-order valence-corrected chi connectivity index (χ0v) is 54.4. The molecule has 0 saturated carbocycles. The van der Waals surface area contributed by atoms with Gasteiger partial charge in [-0.3, -0.25) is 4.79 Å². The van der Waals surface area contributed by atoms with Crippen molar-refractivity contribution in [3.63, 3.8) is 0 Å². The highest BCUT2D eigenvalue weighted by atomic mass is 16.7. The van der Waals surface area contributed by atoms with Crippen LogP contribution >= 0.6 is 0 Å². The van der Waals surface area contributed by atoms with Gasteiger partial charge in [-0.25, -0.2) is 0 Å². The van der Waals surface area contributed by atoms with Crippen LogP contribution in [-0.2, 0) is 23.7 Å². The Hall–Kier alpha value is -1.79. The van der Waals surface area contributed by atoms with E-state index in [2.05, 4.69) is 43.5 Å². The van der Waals surface area contributed by atoms with E-state index >= 15 is 0 Å². The fourth-order valence-corrected chi connectivity index (χ4v) is 11.8. The SMILES string of the molecule is CCCCCCCCCC/C=C\CCCCCCCCCCCCCC(=O)NC(COC1OC(CO)C(OC2OC(CO)C(O)C(O)C2O)C(O)C1O)C(O)/C=C/CC/C=C/CCCCCCCCCCCCCCCCCCCCCCCC. The minimum Gasteiger partial charge on any atom is -0.394 e. The molecule has 2 aliphatic heterocycles. The van der Waals surface area contributed by atoms with Crippen molar-refractivity contribution in [2.24, 2.45) is 0 Å². The molecule has 2 saturated heterocycles. The van der Waals surface area contributed by atoms with Gasteiger partial charge in [0.2, 0.25) is 5.91 Å². The molecule has 0 aromatic rings. The molecule has 2 aliphatic rings. The average Bonchev–Trinajstić information content (AvgIpc) is 3.68. The molecule has 0 radical (unpaired) electrons. The smallest absolute Gasteiger partial charge is 0.220 e. The molecule has 12 atom stereocenters. The Labute approximate surface area is 519 Å². The Morgan fingerprint density at radius 1 is 0.412 bits per heavy atom. The number of carbonyl (C=O) groups excluding carboxylic acids is 1. The van der Waals surface area contributed by atoms with Gasteiger partial charge >= 0.3 is 0 Å². The van der Waals surface area contributed by atoms with Crippen LogP contribution in [0.3, 0.4) is 0 Å². The zero-order valence-electron chi connectivity index (χ0n) is 54.4. The number of unbranched alkanes of at least 4 members (excludes halogenated alkanes) is 42. The van der Waals surface area contributed by atoms with Gasteiger partial charge in [0.15, 0.2) is 12.6 Å². The Bertz CT molecular complexity index is 1560. The first-order valence-corrected chi connectivity index (χ1v) is 35.7. The second kappa shape index (κ2) is 56.2. The molecule has 0 spiro atoms. The highest BCUT2D eigenvalue weighted by molar-refractivity contribution is 5.76. The summed E-state index contributed by atoms with van der Waals surface area (Å²) in [5.41, 5.74) is 0. The largest absolute Gasteiger partial charge is 0.394 e. The average molecular weight is 1210 g/mol. The number of carbonyl (C=O) groups is 1. The van der Waals surface area contributed by atoms with E-state index < -0.39 is 86.8 Å². The summed E-state index contributed by atoms with van der Waals surface area (Å²) in [7, 11) is 0. The van der Waals surface area contributed by atoms with Crippen LogP contribution in [0, 0.1) is 0 Å². The van der Waals surface area contributed by atoms with Gasteiger partial charge in [0.1, 0.15) is 48.8 Å². The van der Waals surface area contributed by atoms with E-state index in [0.717, 1.165) is 32.1 Å². The van der Waals surface area contributed by atoms with E-state index in [4.69, 9.17) is 18.9 Å². The lowest BCUT2D eigenvalue weighted by molar-refractivity contribution is -0.359. The second-order valence-electron chi connectivity index (χ2n) is 25.4. The topological polar surface area (TPSA) is 228 Å². The summed E-state index contributed by atoms with van der Waals surface area (Å²) < 4.78 is 22.8. The van der Waals surface area contributed by atoms with Crippen LogP contribution in [0.4, 0.5) is 0 Å². The first-order chi connectivity index (χ1) is 41.6. The maximum absolute atomic E-state index is 13.3. The van der Waals surface area contributed by atoms with Crippen molar-refractivity contribution in [3.05, 3.63) is 36.5 Å². The summed E-state index contributed by atoms with van der Waals surface area (Å²) in [5.74, 6) is -0.246. The third-order valence-corrected chi connectivity index (χ3v) is 17.5. The quantitative estimate of drug-likeness (QED) is 0.0204. The maximum atomic E-state index is 13.3. The lowest BCUT2D eigenvalue weighted by Gasteiger charge is -2.46. The predicted molar refractivity (Wildman–Crippen MR) is 346 cm³/mol. The minimum atomic E-state index is -1.79. The van der Waals surface area contributed by atoms with Crippen LogP contribution in [0.5, 0.6) is 0 Å². The van der Waals surface area contributed by atoms with Crippen molar-refractivity contribution in [2.45, 2.75) is 389 Å². The number of ether oxygens (including phenoxy) is 4. The summed E-state index contributed by atoms with van der Waals surface area (Å²) >= 11 is 0. The van der Waals surface area contributed by atoms with Crippen LogP contribution in [0.15, 0.2) is 36.5 Å². The maximum Gasteiger partial charge on any atom is 0.220 e.